The molecule has 0 N–H and O–H groups in total. The Morgan fingerprint density at radius 2 is 1.74 bits per heavy atom. The SMILES string of the molecule is Cc1ccc(C#Cc2ccc3oc(CC(C)C=O)cc3c2)cc1. The number of fused-ring (bicyclic) bond motifs is 1. The van der Waals surface area contributed by atoms with Crippen LogP contribution in [0.2, 0.25) is 0 Å². The number of aryl methyl sites for hydroxylation is 1. The van der Waals surface area contributed by atoms with E-state index >= 15 is 0 Å². The molecule has 0 radical (unpaired) electrons. The van der Waals surface area contributed by atoms with Crippen LogP contribution in [0.3, 0.4) is 0 Å². The first kappa shape index (κ1) is 15.1. The molecule has 0 saturated carbocycles. The highest BCUT2D eigenvalue weighted by atomic mass is 16.3. The topological polar surface area (TPSA) is 30.2 Å². The number of hydrogen-bond donors (Lipinski definition) is 0. The lowest BCUT2D eigenvalue weighted by atomic mass is 10.1. The number of hydrogen-bond acceptors (Lipinski definition) is 2. The number of benzene rings is 2. The molecule has 23 heavy (non-hydrogen) atoms. The third-order valence-corrected chi connectivity index (χ3v) is 3.73. The van der Waals surface area contributed by atoms with E-state index in [9.17, 15) is 4.79 Å². The maximum atomic E-state index is 10.8. The van der Waals surface area contributed by atoms with E-state index < -0.39 is 0 Å². The molecule has 0 aliphatic carbocycles. The van der Waals surface area contributed by atoms with Crippen molar-refractivity contribution in [2.45, 2.75) is 20.3 Å². The predicted molar refractivity (Wildman–Crippen MR) is 92.3 cm³/mol. The van der Waals surface area contributed by atoms with E-state index in [1.807, 2.05) is 43.3 Å². The highest BCUT2D eigenvalue weighted by Gasteiger charge is 2.08. The third-order valence-electron chi connectivity index (χ3n) is 3.73. The maximum Gasteiger partial charge on any atom is 0.134 e. The van der Waals surface area contributed by atoms with E-state index in [-0.39, 0.29) is 5.92 Å². The van der Waals surface area contributed by atoms with E-state index in [0.717, 1.165) is 34.1 Å². The molecule has 2 heteroatoms. The fraction of sp³-hybridized carbons (Fsp3) is 0.190. The second kappa shape index (κ2) is 6.54. The number of carbonyl (C=O) groups is 1. The van der Waals surface area contributed by atoms with Crippen molar-refractivity contribution in [2.75, 3.05) is 0 Å². The molecule has 3 rings (SSSR count). The van der Waals surface area contributed by atoms with Crippen LogP contribution in [-0.4, -0.2) is 6.29 Å². The summed E-state index contributed by atoms with van der Waals surface area (Å²) < 4.78 is 5.76. The molecule has 1 aromatic heterocycles. The minimum absolute atomic E-state index is 0.0311. The van der Waals surface area contributed by atoms with Gasteiger partial charge >= 0.3 is 0 Å². The van der Waals surface area contributed by atoms with Crippen molar-refractivity contribution in [2.24, 2.45) is 5.92 Å². The van der Waals surface area contributed by atoms with Crippen LogP contribution in [0.4, 0.5) is 0 Å². The smallest absolute Gasteiger partial charge is 0.134 e. The molecular weight excluding hydrogens is 284 g/mol. The van der Waals surface area contributed by atoms with Crippen LogP contribution in [0.1, 0.15) is 29.4 Å². The van der Waals surface area contributed by atoms with Gasteiger partial charge in [0.05, 0.1) is 0 Å². The summed E-state index contributed by atoms with van der Waals surface area (Å²) in [7, 11) is 0. The summed E-state index contributed by atoms with van der Waals surface area (Å²) in [6.45, 7) is 3.95. The molecule has 2 aromatic carbocycles. The summed E-state index contributed by atoms with van der Waals surface area (Å²) in [6, 6.07) is 16.1. The number of carbonyl (C=O) groups excluding carboxylic acids is 1. The Kier molecular flexibility index (Phi) is 4.30. The quantitative estimate of drug-likeness (QED) is 0.526. The molecule has 1 heterocycles. The summed E-state index contributed by atoms with van der Waals surface area (Å²) in [6.07, 6.45) is 1.58. The van der Waals surface area contributed by atoms with Gasteiger partial charge in [-0.05, 0) is 43.3 Å². The van der Waals surface area contributed by atoms with E-state index in [1.165, 1.54) is 5.56 Å². The lowest BCUT2D eigenvalue weighted by Gasteiger charge is -1.97. The molecule has 1 unspecified atom stereocenters. The van der Waals surface area contributed by atoms with Crippen LogP contribution >= 0.6 is 0 Å². The fourth-order valence-corrected chi connectivity index (χ4v) is 2.42. The van der Waals surface area contributed by atoms with Crippen LogP contribution < -0.4 is 0 Å². The minimum Gasteiger partial charge on any atom is -0.461 e. The monoisotopic (exact) mass is 302 g/mol. The summed E-state index contributed by atoms with van der Waals surface area (Å²) >= 11 is 0. The van der Waals surface area contributed by atoms with Gasteiger partial charge in [0.25, 0.3) is 0 Å². The molecule has 0 fully saturated rings. The van der Waals surface area contributed by atoms with Crippen molar-refractivity contribution in [3.63, 3.8) is 0 Å². The molecule has 3 aromatic rings. The van der Waals surface area contributed by atoms with Gasteiger partial charge in [-0.25, -0.2) is 0 Å². The van der Waals surface area contributed by atoms with Gasteiger partial charge in [0.1, 0.15) is 17.6 Å². The Hall–Kier alpha value is -2.79. The van der Waals surface area contributed by atoms with Crippen molar-refractivity contribution in [3.05, 3.63) is 71.0 Å². The highest BCUT2D eigenvalue weighted by Crippen LogP contribution is 2.22. The van der Waals surface area contributed by atoms with Crippen molar-refractivity contribution < 1.29 is 9.21 Å². The fourth-order valence-electron chi connectivity index (χ4n) is 2.42. The molecule has 0 aliphatic heterocycles. The summed E-state index contributed by atoms with van der Waals surface area (Å²) in [5.41, 5.74) is 4.02. The van der Waals surface area contributed by atoms with E-state index in [0.29, 0.717) is 6.42 Å². The molecular formula is C21H18O2. The second-order valence-electron chi connectivity index (χ2n) is 5.90. The van der Waals surface area contributed by atoms with E-state index in [1.54, 1.807) is 0 Å². The van der Waals surface area contributed by atoms with Gasteiger partial charge in [0, 0.05) is 28.9 Å². The lowest BCUT2D eigenvalue weighted by molar-refractivity contribution is -0.110. The Morgan fingerprint density at radius 3 is 2.48 bits per heavy atom. The van der Waals surface area contributed by atoms with Crippen LogP contribution in [0.25, 0.3) is 11.0 Å². The Labute approximate surface area is 136 Å². The standard InChI is InChI=1S/C21H18O2/c1-15-3-5-17(6-4-15)7-8-18-9-10-21-19(12-18)13-20(23-21)11-16(2)14-22/h3-6,9-10,12-14,16H,11H2,1-2H3. The first-order valence-corrected chi connectivity index (χ1v) is 7.70. The zero-order valence-electron chi connectivity index (χ0n) is 13.3. The number of rotatable bonds is 3. The second-order valence-corrected chi connectivity index (χ2v) is 5.90. The summed E-state index contributed by atoms with van der Waals surface area (Å²) in [4.78, 5) is 10.8. The first-order valence-electron chi connectivity index (χ1n) is 7.70. The number of furan rings is 1. The molecule has 0 spiro atoms. The molecule has 0 aliphatic rings. The predicted octanol–water partition coefficient (Wildman–Crippen LogP) is 4.52. The van der Waals surface area contributed by atoms with E-state index in [4.69, 9.17) is 4.42 Å². The Morgan fingerprint density at radius 1 is 1.04 bits per heavy atom. The largest absolute Gasteiger partial charge is 0.461 e. The minimum atomic E-state index is -0.0311. The van der Waals surface area contributed by atoms with Crippen molar-refractivity contribution >= 4 is 17.3 Å². The molecule has 1 atom stereocenters. The normalized spacial score (nSPS) is 11.7. The van der Waals surface area contributed by atoms with Gasteiger partial charge in [0.15, 0.2) is 0 Å². The van der Waals surface area contributed by atoms with Gasteiger partial charge < -0.3 is 9.21 Å². The van der Waals surface area contributed by atoms with Gasteiger partial charge in [-0.15, -0.1) is 0 Å². The molecule has 0 bridgehead atoms. The van der Waals surface area contributed by atoms with Gasteiger partial charge in [-0.3, -0.25) is 0 Å². The average molecular weight is 302 g/mol. The van der Waals surface area contributed by atoms with Gasteiger partial charge in [-0.1, -0.05) is 36.5 Å². The maximum absolute atomic E-state index is 10.8. The summed E-state index contributed by atoms with van der Waals surface area (Å²) in [5, 5.41) is 1.02. The van der Waals surface area contributed by atoms with Crippen molar-refractivity contribution in [1.29, 1.82) is 0 Å². The third kappa shape index (κ3) is 3.70. The molecule has 0 amide bonds. The average Bonchev–Trinajstić information content (AvgIpc) is 2.95. The van der Waals surface area contributed by atoms with Crippen LogP contribution in [-0.2, 0) is 11.2 Å². The van der Waals surface area contributed by atoms with Crippen molar-refractivity contribution in [1.82, 2.24) is 0 Å². The van der Waals surface area contributed by atoms with Gasteiger partial charge in [-0.2, -0.15) is 0 Å². The molecule has 0 saturated heterocycles. The highest BCUT2D eigenvalue weighted by molar-refractivity contribution is 5.79. The molecule has 2 nitrogen and oxygen atoms in total. The summed E-state index contributed by atoms with van der Waals surface area (Å²) in [5.74, 6) is 7.17. The van der Waals surface area contributed by atoms with Gasteiger partial charge in [0.2, 0.25) is 0 Å². The lowest BCUT2D eigenvalue weighted by Crippen LogP contribution is -1.98. The Balaban J connectivity index is 1.85. The van der Waals surface area contributed by atoms with Crippen LogP contribution in [0, 0.1) is 24.7 Å². The Bertz CT molecular complexity index is 889. The zero-order valence-corrected chi connectivity index (χ0v) is 13.3. The number of aldehydes is 1. The van der Waals surface area contributed by atoms with Crippen molar-refractivity contribution in [3.8, 4) is 11.8 Å². The molecule has 114 valence electrons. The van der Waals surface area contributed by atoms with Crippen LogP contribution in [0.15, 0.2) is 52.9 Å². The zero-order chi connectivity index (χ0) is 16.2. The first-order chi connectivity index (χ1) is 11.1. The van der Waals surface area contributed by atoms with E-state index in [2.05, 4.69) is 30.9 Å². The van der Waals surface area contributed by atoms with Crippen LogP contribution in [0.5, 0.6) is 0 Å².